The lowest BCUT2D eigenvalue weighted by Crippen LogP contribution is -2.44. The summed E-state index contributed by atoms with van der Waals surface area (Å²) in [6.07, 6.45) is 1.83. The van der Waals surface area contributed by atoms with Crippen molar-refractivity contribution < 1.29 is 9.59 Å². The quantitative estimate of drug-likeness (QED) is 0.800. The second-order valence-corrected chi connectivity index (χ2v) is 4.53. The van der Waals surface area contributed by atoms with Gasteiger partial charge in [0.05, 0.1) is 5.41 Å². The van der Waals surface area contributed by atoms with Crippen molar-refractivity contribution in [2.45, 2.75) is 11.8 Å². The molecule has 0 spiro atoms. The number of primary amides is 1. The first-order chi connectivity index (χ1) is 8.60. The molecule has 18 heavy (non-hydrogen) atoms. The predicted molar refractivity (Wildman–Crippen MR) is 68.7 cm³/mol. The van der Waals surface area contributed by atoms with Crippen molar-refractivity contribution in [1.29, 1.82) is 0 Å². The van der Waals surface area contributed by atoms with E-state index in [1.165, 1.54) is 6.08 Å². The second kappa shape index (κ2) is 4.64. The number of amides is 2. The summed E-state index contributed by atoms with van der Waals surface area (Å²) in [6.45, 7) is 4.32. The number of hydrogen-bond acceptors (Lipinski definition) is 2. The standard InChI is InChI=1S/C14H16N2O2/c1-2-12(17)16-9-8-14(10-16,13(15)18)11-6-4-3-5-7-11/h2-7H,1,8-10H2,(H2,15,18). The van der Waals surface area contributed by atoms with Crippen LogP contribution in [0.3, 0.4) is 0 Å². The fourth-order valence-corrected chi connectivity index (χ4v) is 2.46. The maximum absolute atomic E-state index is 11.8. The lowest BCUT2D eigenvalue weighted by Gasteiger charge is -2.26. The fraction of sp³-hybridized carbons (Fsp3) is 0.286. The average molecular weight is 244 g/mol. The van der Waals surface area contributed by atoms with E-state index in [9.17, 15) is 9.59 Å². The van der Waals surface area contributed by atoms with E-state index in [1.807, 2.05) is 30.3 Å². The molecule has 1 saturated heterocycles. The maximum Gasteiger partial charge on any atom is 0.245 e. The lowest BCUT2D eigenvalue weighted by molar-refractivity contribution is -0.126. The topological polar surface area (TPSA) is 63.4 Å². The molecule has 1 aliphatic heterocycles. The number of nitrogens with two attached hydrogens (primary N) is 1. The molecule has 2 amide bonds. The number of likely N-dealkylation sites (tertiary alicyclic amines) is 1. The molecule has 1 atom stereocenters. The molecule has 1 fully saturated rings. The van der Waals surface area contributed by atoms with Gasteiger partial charge in [-0.25, -0.2) is 0 Å². The Morgan fingerprint density at radius 1 is 1.33 bits per heavy atom. The van der Waals surface area contributed by atoms with Gasteiger partial charge in [0.1, 0.15) is 0 Å². The van der Waals surface area contributed by atoms with Gasteiger partial charge in [0.25, 0.3) is 0 Å². The third-order valence-corrected chi connectivity index (χ3v) is 3.55. The van der Waals surface area contributed by atoms with Crippen molar-refractivity contribution in [2.75, 3.05) is 13.1 Å². The van der Waals surface area contributed by atoms with Gasteiger partial charge < -0.3 is 10.6 Å². The van der Waals surface area contributed by atoms with E-state index in [0.29, 0.717) is 19.5 Å². The van der Waals surface area contributed by atoms with Crippen molar-refractivity contribution in [3.63, 3.8) is 0 Å². The normalized spacial score (nSPS) is 22.8. The summed E-state index contributed by atoms with van der Waals surface area (Å²) in [5, 5.41) is 0. The fourth-order valence-electron chi connectivity index (χ4n) is 2.46. The highest BCUT2D eigenvalue weighted by molar-refractivity contribution is 5.91. The Morgan fingerprint density at radius 2 is 2.00 bits per heavy atom. The van der Waals surface area contributed by atoms with Gasteiger partial charge in [0, 0.05) is 13.1 Å². The number of carbonyl (C=O) groups is 2. The average Bonchev–Trinajstić information content (AvgIpc) is 2.85. The van der Waals surface area contributed by atoms with Gasteiger partial charge in [-0.2, -0.15) is 0 Å². The summed E-state index contributed by atoms with van der Waals surface area (Å²) < 4.78 is 0. The van der Waals surface area contributed by atoms with Crippen LogP contribution in [0.4, 0.5) is 0 Å². The summed E-state index contributed by atoms with van der Waals surface area (Å²) in [5.74, 6) is -0.540. The van der Waals surface area contributed by atoms with E-state index in [1.54, 1.807) is 4.90 Å². The molecule has 1 aromatic rings. The van der Waals surface area contributed by atoms with E-state index in [4.69, 9.17) is 5.73 Å². The molecule has 1 aromatic carbocycles. The van der Waals surface area contributed by atoms with Gasteiger partial charge in [-0.05, 0) is 18.1 Å². The highest BCUT2D eigenvalue weighted by Gasteiger charge is 2.45. The summed E-state index contributed by atoms with van der Waals surface area (Å²) in [6, 6.07) is 9.40. The molecule has 1 heterocycles. The van der Waals surface area contributed by atoms with Crippen LogP contribution >= 0.6 is 0 Å². The van der Waals surface area contributed by atoms with Crippen LogP contribution in [-0.2, 0) is 15.0 Å². The number of nitrogens with zero attached hydrogens (tertiary/aromatic N) is 1. The Balaban J connectivity index is 2.35. The summed E-state index contributed by atoms with van der Waals surface area (Å²) >= 11 is 0. The molecule has 0 radical (unpaired) electrons. The number of hydrogen-bond donors (Lipinski definition) is 1. The van der Waals surface area contributed by atoms with Crippen LogP contribution in [0.2, 0.25) is 0 Å². The summed E-state index contributed by atoms with van der Waals surface area (Å²) in [5.41, 5.74) is 5.67. The minimum Gasteiger partial charge on any atom is -0.369 e. The summed E-state index contributed by atoms with van der Waals surface area (Å²) in [7, 11) is 0. The maximum atomic E-state index is 11.8. The van der Waals surface area contributed by atoms with E-state index in [2.05, 4.69) is 6.58 Å². The van der Waals surface area contributed by atoms with Gasteiger partial charge in [0.2, 0.25) is 11.8 Å². The number of rotatable bonds is 3. The Morgan fingerprint density at radius 3 is 2.56 bits per heavy atom. The van der Waals surface area contributed by atoms with Crippen LogP contribution < -0.4 is 5.73 Å². The number of benzene rings is 1. The monoisotopic (exact) mass is 244 g/mol. The van der Waals surface area contributed by atoms with E-state index in [-0.39, 0.29) is 11.8 Å². The van der Waals surface area contributed by atoms with Crippen LogP contribution in [0.15, 0.2) is 43.0 Å². The number of carbonyl (C=O) groups excluding carboxylic acids is 2. The van der Waals surface area contributed by atoms with Crippen molar-refractivity contribution in [3.8, 4) is 0 Å². The van der Waals surface area contributed by atoms with Crippen LogP contribution in [0.5, 0.6) is 0 Å². The lowest BCUT2D eigenvalue weighted by atomic mass is 9.79. The SMILES string of the molecule is C=CC(=O)N1CCC(C(N)=O)(c2ccccc2)C1. The van der Waals surface area contributed by atoms with Gasteiger partial charge in [0.15, 0.2) is 0 Å². The Kier molecular flexibility index (Phi) is 3.19. The molecule has 94 valence electrons. The van der Waals surface area contributed by atoms with Crippen molar-refractivity contribution in [3.05, 3.63) is 48.6 Å². The zero-order valence-corrected chi connectivity index (χ0v) is 10.1. The molecule has 4 nitrogen and oxygen atoms in total. The molecule has 0 bridgehead atoms. The van der Waals surface area contributed by atoms with Crippen molar-refractivity contribution >= 4 is 11.8 Å². The largest absolute Gasteiger partial charge is 0.369 e. The smallest absolute Gasteiger partial charge is 0.245 e. The van der Waals surface area contributed by atoms with E-state index >= 15 is 0 Å². The third kappa shape index (κ3) is 1.90. The highest BCUT2D eigenvalue weighted by atomic mass is 16.2. The highest BCUT2D eigenvalue weighted by Crippen LogP contribution is 2.34. The Labute approximate surface area is 106 Å². The minimum absolute atomic E-state index is 0.158. The van der Waals surface area contributed by atoms with Crippen molar-refractivity contribution in [1.82, 2.24) is 4.90 Å². The molecule has 4 heteroatoms. The molecule has 0 aromatic heterocycles. The molecule has 0 saturated carbocycles. The molecule has 2 N–H and O–H groups in total. The van der Waals surface area contributed by atoms with Crippen LogP contribution in [0.25, 0.3) is 0 Å². The first kappa shape index (κ1) is 12.4. The zero-order chi connectivity index (χ0) is 13.2. The summed E-state index contributed by atoms with van der Waals surface area (Å²) in [4.78, 5) is 25.1. The first-order valence-corrected chi connectivity index (χ1v) is 5.87. The van der Waals surface area contributed by atoms with Gasteiger partial charge in [-0.15, -0.1) is 0 Å². The van der Waals surface area contributed by atoms with E-state index < -0.39 is 5.41 Å². The van der Waals surface area contributed by atoms with Gasteiger partial charge in [-0.3, -0.25) is 9.59 Å². The first-order valence-electron chi connectivity index (χ1n) is 5.87. The van der Waals surface area contributed by atoms with Crippen LogP contribution in [-0.4, -0.2) is 29.8 Å². The third-order valence-electron chi connectivity index (χ3n) is 3.55. The predicted octanol–water partition coefficient (Wildman–Crippen LogP) is 0.828. The molecular formula is C14H16N2O2. The van der Waals surface area contributed by atoms with E-state index in [0.717, 1.165) is 5.56 Å². The van der Waals surface area contributed by atoms with Gasteiger partial charge >= 0.3 is 0 Å². The molecular weight excluding hydrogens is 228 g/mol. The second-order valence-electron chi connectivity index (χ2n) is 4.53. The Bertz CT molecular complexity index is 484. The van der Waals surface area contributed by atoms with Crippen LogP contribution in [0.1, 0.15) is 12.0 Å². The molecule has 0 aliphatic carbocycles. The molecule has 1 aliphatic rings. The van der Waals surface area contributed by atoms with Crippen molar-refractivity contribution in [2.24, 2.45) is 5.73 Å². The van der Waals surface area contributed by atoms with Gasteiger partial charge in [-0.1, -0.05) is 36.9 Å². The Hall–Kier alpha value is -2.10. The minimum atomic E-state index is -0.764. The molecule has 2 rings (SSSR count). The molecule has 1 unspecified atom stereocenters. The zero-order valence-electron chi connectivity index (χ0n) is 10.1. The van der Waals surface area contributed by atoms with Crippen LogP contribution in [0, 0.1) is 0 Å².